The van der Waals surface area contributed by atoms with Gasteiger partial charge in [0.25, 0.3) is 0 Å². The standard InChI is InChI=1S/C9H18N2O2/c1-4-5-6-13-9(12)11-10-7-8(2)3/h7-8H,4-6H2,1-3H3,(H,11,12). The van der Waals surface area contributed by atoms with Crippen molar-refractivity contribution in [2.75, 3.05) is 6.61 Å². The molecule has 0 heterocycles. The third-order valence-electron chi connectivity index (χ3n) is 1.26. The lowest BCUT2D eigenvalue weighted by molar-refractivity contribution is 0.145. The van der Waals surface area contributed by atoms with E-state index in [2.05, 4.69) is 10.5 Å². The molecule has 0 atom stereocenters. The summed E-state index contributed by atoms with van der Waals surface area (Å²) in [4.78, 5) is 10.9. The second-order valence-corrected chi connectivity index (χ2v) is 3.12. The summed E-state index contributed by atoms with van der Waals surface area (Å²) < 4.78 is 4.80. The molecule has 0 rings (SSSR count). The molecule has 0 fully saturated rings. The summed E-state index contributed by atoms with van der Waals surface area (Å²) in [6.07, 6.45) is 3.08. The molecule has 0 radical (unpaired) electrons. The molecule has 0 bridgehead atoms. The SMILES string of the molecule is CCCCOC(=O)NN=CC(C)C. The summed E-state index contributed by atoms with van der Waals surface area (Å²) in [6, 6.07) is 0. The van der Waals surface area contributed by atoms with Gasteiger partial charge in [-0.05, 0) is 12.3 Å². The van der Waals surface area contributed by atoms with Gasteiger partial charge in [-0.25, -0.2) is 10.2 Å². The van der Waals surface area contributed by atoms with E-state index in [-0.39, 0.29) is 0 Å². The first kappa shape index (κ1) is 11.9. The van der Waals surface area contributed by atoms with Crippen molar-refractivity contribution >= 4 is 12.3 Å². The van der Waals surface area contributed by atoms with Crippen LogP contribution in [-0.4, -0.2) is 18.9 Å². The molecule has 1 N–H and O–H groups in total. The van der Waals surface area contributed by atoms with E-state index in [1.807, 2.05) is 20.8 Å². The van der Waals surface area contributed by atoms with Gasteiger partial charge in [-0.15, -0.1) is 0 Å². The number of ether oxygens (including phenoxy) is 1. The molecule has 4 nitrogen and oxygen atoms in total. The van der Waals surface area contributed by atoms with E-state index in [1.54, 1.807) is 6.21 Å². The maximum absolute atomic E-state index is 10.9. The largest absolute Gasteiger partial charge is 0.448 e. The number of carbonyl (C=O) groups is 1. The van der Waals surface area contributed by atoms with Gasteiger partial charge in [-0.3, -0.25) is 0 Å². The number of hydrazone groups is 1. The van der Waals surface area contributed by atoms with Crippen LogP contribution in [0.25, 0.3) is 0 Å². The number of hydrogen-bond donors (Lipinski definition) is 1. The fraction of sp³-hybridized carbons (Fsp3) is 0.778. The van der Waals surface area contributed by atoms with Gasteiger partial charge in [0.2, 0.25) is 0 Å². The predicted molar refractivity (Wildman–Crippen MR) is 52.7 cm³/mol. The molecule has 0 unspecified atom stereocenters. The van der Waals surface area contributed by atoms with Crippen LogP contribution in [0.4, 0.5) is 4.79 Å². The quantitative estimate of drug-likeness (QED) is 0.406. The van der Waals surface area contributed by atoms with Gasteiger partial charge >= 0.3 is 6.09 Å². The Morgan fingerprint density at radius 1 is 1.62 bits per heavy atom. The van der Waals surface area contributed by atoms with Crippen molar-refractivity contribution in [1.82, 2.24) is 5.43 Å². The third-order valence-corrected chi connectivity index (χ3v) is 1.26. The topological polar surface area (TPSA) is 50.7 Å². The third kappa shape index (κ3) is 8.85. The minimum Gasteiger partial charge on any atom is -0.448 e. The molecule has 0 saturated carbocycles. The van der Waals surface area contributed by atoms with Gasteiger partial charge in [0.1, 0.15) is 0 Å². The average Bonchev–Trinajstić information content (AvgIpc) is 2.04. The zero-order valence-corrected chi connectivity index (χ0v) is 8.54. The second kappa shape index (κ2) is 7.58. The van der Waals surface area contributed by atoms with Crippen molar-refractivity contribution in [3.8, 4) is 0 Å². The number of carbonyl (C=O) groups excluding carboxylic acids is 1. The van der Waals surface area contributed by atoms with Crippen molar-refractivity contribution in [2.24, 2.45) is 11.0 Å². The van der Waals surface area contributed by atoms with Crippen LogP contribution in [-0.2, 0) is 4.74 Å². The van der Waals surface area contributed by atoms with E-state index >= 15 is 0 Å². The molecule has 76 valence electrons. The van der Waals surface area contributed by atoms with Crippen LogP contribution in [0.15, 0.2) is 5.10 Å². The first-order valence-corrected chi connectivity index (χ1v) is 4.62. The second-order valence-electron chi connectivity index (χ2n) is 3.12. The number of nitrogens with one attached hydrogen (secondary N) is 1. The number of amides is 1. The highest BCUT2D eigenvalue weighted by molar-refractivity contribution is 5.69. The van der Waals surface area contributed by atoms with Gasteiger partial charge < -0.3 is 4.74 Å². The summed E-state index contributed by atoms with van der Waals surface area (Å²) >= 11 is 0. The zero-order valence-electron chi connectivity index (χ0n) is 8.54. The highest BCUT2D eigenvalue weighted by atomic mass is 16.5. The lowest BCUT2D eigenvalue weighted by Crippen LogP contribution is -2.19. The van der Waals surface area contributed by atoms with Gasteiger partial charge in [0.05, 0.1) is 6.61 Å². The Hall–Kier alpha value is -1.06. The van der Waals surface area contributed by atoms with Crippen molar-refractivity contribution in [2.45, 2.75) is 33.6 Å². The Labute approximate surface area is 79.3 Å². The van der Waals surface area contributed by atoms with E-state index in [9.17, 15) is 4.79 Å². The summed E-state index contributed by atoms with van der Waals surface area (Å²) in [7, 11) is 0. The molecule has 0 saturated heterocycles. The van der Waals surface area contributed by atoms with Gasteiger partial charge in [-0.2, -0.15) is 5.10 Å². The molecular formula is C9H18N2O2. The van der Waals surface area contributed by atoms with E-state index < -0.39 is 6.09 Å². The molecule has 0 spiro atoms. The molecule has 4 heteroatoms. The van der Waals surface area contributed by atoms with Crippen LogP contribution in [0, 0.1) is 5.92 Å². The predicted octanol–water partition coefficient (Wildman–Crippen LogP) is 2.15. The van der Waals surface area contributed by atoms with Gasteiger partial charge in [0.15, 0.2) is 0 Å². The molecular weight excluding hydrogens is 168 g/mol. The normalized spacial score (nSPS) is 10.8. The van der Waals surface area contributed by atoms with Crippen molar-refractivity contribution in [3.05, 3.63) is 0 Å². The summed E-state index contributed by atoms with van der Waals surface area (Å²) in [5.41, 5.74) is 2.28. The maximum Gasteiger partial charge on any atom is 0.427 e. The number of nitrogens with zero attached hydrogens (tertiary/aromatic N) is 1. The minimum atomic E-state index is -0.481. The van der Waals surface area contributed by atoms with Crippen molar-refractivity contribution < 1.29 is 9.53 Å². The van der Waals surface area contributed by atoms with E-state index in [0.29, 0.717) is 12.5 Å². The van der Waals surface area contributed by atoms with Gasteiger partial charge in [-0.1, -0.05) is 27.2 Å². The van der Waals surface area contributed by atoms with Crippen LogP contribution in [0.5, 0.6) is 0 Å². The highest BCUT2D eigenvalue weighted by Gasteiger charge is 1.97. The van der Waals surface area contributed by atoms with Crippen LogP contribution >= 0.6 is 0 Å². The molecule has 0 aromatic rings. The number of rotatable bonds is 5. The molecule has 0 aliphatic carbocycles. The first-order valence-electron chi connectivity index (χ1n) is 4.62. The van der Waals surface area contributed by atoms with Crippen molar-refractivity contribution in [1.29, 1.82) is 0 Å². The Kier molecular flexibility index (Phi) is 6.96. The van der Waals surface area contributed by atoms with Crippen LogP contribution < -0.4 is 5.43 Å². The summed E-state index contributed by atoms with van der Waals surface area (Å²) in [5.74, 6) is 0.330. The fourth-order valence-corrected chi connectivity index (χ4v) is 0.581. The smallest absolute Gasteiger partial charge is 0.427 e. The first-order chi connectivity index (χ1) is 6.16. The molecule has 0 aromatic heterocycles. The Bertz CT molecular complexity index is 167. The lowest BCUT2D eigenvalue weighted by atomic mass is 10.3. The number of hydrogen-bond acceptors (Lipinski definition) is 3. The average molecular weight is 186 g/mol. The lowest BCUT2D eigenvalue weighted by Gasteiger charge is -2.01. The molecule has 0 aliphatic heterocycles. The number of unbranched alkanes of at least 4 members (excludes halogenated alkanes) is 1. The summed E-state index contributed by atoms with van der Waals surface area (Å²) in [6.45, 7) is 6.46. The molecule has 0 aromatic carbocycles. The Morgan fingerprint density at radius 3 is 2.85 bits per heavy atom. The highest BCUT2D eigenvalue weighted by Crippen LogP contribution is 1.88. The Morgan fingerprint density at radius 2 is 2.31 bits per heavy atom. The van der Waals surface area contributed by atoms with E-state index in [1.165, 1.54) is 0 Å². The molecule has 13 heavy (non-hydrogen) atoms. The van der Waals surface area contributed by atoms with Gasteiger partial charge in [0, 0.05) is 6.21 Å². The maximum atomic E-state index is 10.9. The van der Waals surface area contributed by atoms with E-state index in [0.717, 1.165) is 12.8 Å². The monoisotopic (exact) mass is 186 g/mol. The van der Waals surface area contributed by atoms with Crippen LogP contribution in [0.3, 0.4) is 0 Å². The van der Waals surface area contributed by atoms with Crippen LogP contribution in [0.1, 0.15) is 33.6 Å². The molecule has 0 aliphatic rings. The molecule has 1 amide bonds. The minimum absolute atomic E-state index is 0.330. The zero-order chi connectivity index (χ0) is 10.1. The van der Waals surface area contributed by atoms with Crippen molar-refractivity contribution in [3.63, 3.8) is 0 Å². The summed E-state index contributed by atoms with van der Waals surface area (Å²) in [5, 5.41) is 3.70. The fourth-order valence-electron chi connectivity index (χ4n) is 0.581. The Balaban J connectivity index is 3.40. The van der Waals surface area contributed by atoms with Crippen LogP contribution in [0.2, 0.25) is 0 Å². The van der Waals surface area contributed by atoms with E-state index in [4.69, 9.17) is 4.74 Å².